The van der Waals surface area contributed by atoms with Gasteiger partial charge >= 0.3 is 0 Å². The molecule has 0 aliphatic carbocycles. The van der Waals surface area contributed by atoms with Gasteiger partial charge in [-0.1, -0.05) is 11.6 Å². The fourth-order valence-electron chi connectivity index (χ4n) is 2.05. The Balaban J connectivity index is 2.16. The first-order valence-corrected chi connectivity index (χ1v) is 5.78. The molecule has 1 unspecified atom stereocenters. The number of nitrogens with zero attached hydrogens (tertiary/aromatic N) is 3. The first-order chi connectivity index (χ1) is 7.63. The van der Waals surface area contributed by atoms with Gasteiger partial charge in [0.25, 0.3) is 0 Å². The Hall–Kier alpha value is -0.870. The number of halogens is 1. The first kappa shape index (κ1) is 11.6. The topological polar surface area (TPSA) is 38.2 Å². The standard InChI is InChI=1S/C11H16ClN3O/c1-11(16-2)4-3-5-15(8-11)10-7-13-6-9(12)14-10/h6-7H,3-5,8H2,1-2H3. The largest absolute Gasteiger partial charge is 0.377 e. The quantitative estimate of drug-likeness (QED) is 0.795. The van der Waals surface area contributed by atoms with Gasteiger partial charge in [-0.2, -0.15) is 0 Å². The molecule has 1 atom stereocenters. The molecule has 2 heterocycles. The fraction of sp³-hybridized carbons (Fsp3) is 0.636. The molecule has 0 amide bonds. The Morgan fingerprint density at radius 1 is 1.50 bits per heavy atom. The van der Waals surface area contributed by atoms with Crippen LogP contribution in [0.5, 0.6) is 0 Å². The highest BCUT2D eigenvalue weighted by Crippen LogP contribution is 2.26. The summed E-state index contributed by atoms with van der Waals surface area (Å²) in [6, 6.07) is 0. The molecule has 1 fully saturated rings. The highest BCUT2D eigenvalue weighted by molar-refractivity contribution is 6.29. The average Bonchev–Trinajstić information content (AvgIpc) is 2.29. The molecule has 0 radical (unpaired) electrons. The Labute approximate surface area is 101 Å². The molecule has 1 aromatic rings. The summed E-state index contributed by atoms with van der Waals surface area (Å²) in [7, 11) is 1.76. The zero-order valence-corrected chi connectivity index (χ0v) is 10.4. The van der Waals surface area contributed by atoms with Crippen LogP contribution < -0.4 is 4.90 Å². The van der Waals surface area contributed by atoms with Crippen molar-refractivity contribution in [2.75, 3.05) is 25.1 Å². The van der Waals surface area contributed by atoms with Gasteiger partial charge in [0.1, 0.15) is 11.0 Å². The number of hydrogen-bond acceptors (Lipinski definition) is 4. The van der Waals surface area contributed by atoms with E-state index in [0.717, 1.165) is 31.7 Å². The van der Waals surface area contributed by atoms with Crippen LogP contribution in [-0.4, -0.2) is 35.8 Å². The second kappa shape index (κ2) is 4.55. The highest BCUT2D eigenvalue weighted by Gasteiger charge is 2.31. The number of methoxy groups -OCH3 is 1. The highest BCUT2D eigenvalue weighted by atomic mass is 35.5. The minimum Gasteiger partial charge on any atom is -0.377 e. The van der Waals surface area contributed by atoms with Crippen molar-refractivity contribution in [3.8, 4) is 0 Å². The van der Waals surface area contributed by atoms with Gasteiger partial charge in [0.2, 0.25) is 0 Å². The van der Waals surface area contributed by atoms with E-state index in [1.807, 2.05) is 0 Å². The van der Waals surface area contributed by atoms with Gasteiger partial charge in [-0.15, -0.1) is 0 Å². The van der Waals surface area contributed by atoms with Gasteiger partial charge in [-0.3, -0.25) is 4.98 Å². The van der Waals surface area contributed by atoms with Crippen molar-refractivity contribution in [1.82, 2.24) is 9.97 Å². The summed E-state index contributed by atoms with van der Waals surface area (Å²) >= 11 is 5.84. The third-order valence-electron chi connectivity index (χ3n) is 3.07. The van der Waals surface area contributed by atoms with E-state index in [2.05, 4.69) is 21.8 Å². The Morgan fingerprint density at radius 3 is 3.00 bits per heavy atom. The van der Waals surface area contributed by atoms with Gasteiger partial charge in [0.15, 0.2) is 0 Å². The van der Waals surface area contributed by atoms with Crippen molar-refractivity contribution in [2.45, 2.75) is 25.4 Å². The number of anilines is 1. The lowest BCUT2D eigenvalue weighted by Crippen LogP contribution is -2.47. The Bertz CT molecular complexity index is 374. The number of hydrogen-bond donors (Lipinski definition) is 0. The van der Waals surface area contributed by atoms with Gasteiger partial charge in [-0.25, -0.2) is 4.98 Å². The van der Waals surface area contributed by atoms with Crippen molar-refractivity contribution >= 4 is 17.4 Å². The summed E-state index contributed by atoms with van der Waals surface area (Å²) in [4.78, 5) is 10.5. The van der Waals surface area contributed by atoms with Crippen molar-refractivity contribution < 1.29 is 4.74 Å². The number of aromatic nitrogens is 2. The minimum absolute atomic E-state index is 0.0950. The summed E-state index contributed by atoms with van der Waals surface area (Å²) in [6.07, 6.45) is 5.46. The normalized spacial score (nSPS) is 25.8. The third kappa shape index (κ3) is 2.44. The lowest BCUT2D eigenvalue weighted by atomic mass is 9.95. The SMILES string of the molecule is COC1(C)CCCN(c2cncc(Cl)n2)C1. The summed E-state index contributed by atoms with van der Waals surface area (Å²) in [5.74, 6) is 0.829. The van der Waals surface area contributed by atoms with Gasteiger partial charge in [0.05, 0.1) is 18.0 Å². The molecule has 4 nitrogen and oxygen atoms in total. The first-order valence-electron chi connectivity index (χ1n) is 5.41. The van der Waals surface area contributed by atoms with Gasteiger partial charge in [0, 0.05) is 20.2 Å². The summed E-state index contributed by atoms with van der Waals surface area (Å²) in [5.41, 5.74) is -0.0950. The van der Waals surface area contributed by atoms with Gasteiger partial charge < -0.3 is 9.64 Å². The van der Waals surface area contributed by atoms with E-state index in [1.54, 1.807) is 19.5 Å². The van der Waals surface area contributed by atoms with Crippen molar-refractivity contribution in [2.24, 2.45) is 0 Å². The molecule has 0 spiro atoms. The molecule has 1 aromatic heterocycles. The van der Waals surface area contributed by atoms with E-state index in [0.29, 0.717) is 5.15 Å². The lowest BCUT2D eigenvalue weighted by Gasteiger charge is -2.39. The smallest absolute Gasteiger partial charge is 0.149 e. The summed E-state index contributed by atoms with van der Waals surface area (Å²) in [5, 5.41) is 0.433. The van der Waals surface area contributed by atoms with Crippen LogP contribution in [-0.2, 0) is 4.74 Å². The van der Waals surface area contributed by atoms with E-state index in [4.69, 9.17) is 16.3 Å². The van der Waals surface area contributed by atoms with E-state index in [1.165, 1.54) is 0 Å². The van der Waals surface area contributed by atoms with Crippen LogP contribution in [0, 0.1) is 0 Å². The molecule has 1 saturated heterocycles. The van der Waals surface area contributed by atoms with Crippen LogP contribution in [0.25, 0.3) is 0 Å². The maximum Gasteiger partial charge on any atom is 0.149 e. The van der Waals surface area contributed by atoms with Crippen molar-refractivity contribution in [3.63, 3.8) is 0 Å². The second-order valence-electron chi connectivity index (χ2n) is 4.38. The van der Waals surface area contributed by atoms with Crippen LogP contribution in [0.4, 0.5) is 5.82 Å². The molecule has 0 bridgehead atoms. The third-order valence-corrected chi connectivity index (χ3v) is 3.25. The van der Waals surface area contributed by atoms with Crippen molar-refractivity contribution in [1.29, 1.82) is 0 Å². The Morgan fingerprint density at radius 2 is 2.31 bits per heavy atom. The molecular formula is C11H16ClN3O. The van der Waals surface area contributed by atoms with Crippen LogP contribution in [0.3, 0.4) is 0 Å². The molecular weight excluding hydrogens is 226 g/mol. The molecule has 0 aromatic carbocycles. The number of rotatable bonds is 2. The van der Waals surface area contributed by atoms with Gasteiger partial charge in [-0.05, 0) is 19.8 Å². The summed E-state index contributed by atoms with van der Waals surface area (Å²) < 4.78 is 5.54. The fourth-order valence-corrected chi connectivity index (χ4v) is 2.20. The second-order valence-corrected chi connectivity index (χ2v) is 4.77. The van der Waals surface area contributed by atoms with E-state index < -0.39 is 0 Å². The Kier molecular flexibility index (Phi) is 3.30. The average molecular weight is 242 g/mol. The predicted molar refractivity (Wildman–Crippen MR) is 63.9 cm³/mol. The molecule has 5 heteroatoms. The number of piperidine rings is 1. The zero-order chi connectivity index (χ0) is 11.6. The minimum atomic E-state index is -0.0950. The predicted octanol–water partition coefficient (Wildman–Crippen LogP) is 2.14. The van der Waals surface area contributed by atoms with E-state index in [-0.39, 0.29) is 5.60 Å². The van der Waals surface area contributed by atoms with Crippen LogP contribution >= 0.6 is 11.6 Å². The molecule has 88 valence electrons. The number of ether oxygens (including phenoxy) is 1. The zero-order valence-electron chi connectivity index (χ0n) is 9.61. The maximum absolute atomic E-state index is 5.84. The molecule has 1 aliphatic rings. The van der Waals surface area contributed by atoms with Crippen molar-refractivity contribution in [3.05, 3.63) is 17.5 Å². The van der Waals surface area contributed by atoms with E-state index >= 15 is 0 Å². The van der Waals surface area contributed by atoms with Crippen LogP contribution in [0.15, 0.2) is 12.4 Å². The van der Waals surface area contributed by atoms with E-state index in [9.17, 15) is 0 Å². The maximum atomic E-state index is 5.84. The monoisotopic (exact) mass is 241 g/mol. The molecule has 0 saturated carbocycles. The molecule has 1 aliphatic heterocycles. The van der Waals surface area contributed by atoms with Crippen LogP contribution in [0.2, 0.25) is 5.15 Å². The lowest BCUT2D eigenvalue weighted by molar-refractivity contribution is -0.00482. The molecule has 0 N–H and O–H groups in total. The molecule has 2 rings (SSSR count). The van der Waals surface area contributed by atoms with Crippen LogP contribution in [0.1, 0.15) is 19.8 Å². The summed E-state index contributed by atoms with van der Waals surface area (Å²) in [6.45, 7) is 3.93. The molecule has 16 heavy (non-hydrogen) atoms.